The monoisotopic (exact) mass is 194 g/mol. The molecule has 0 unspecified atom stereocenters. The van der Waals surface area contributed by atoms with E-state index in [0.717, 1.165) is 31.3 Å². The summed E-state index contributed by atoms with van der Waals surface area (Å²) in [5.74, 6) is 1.09. The number of hydrogen-bond acceptors (Lipinski definition) is 3. The number of nitrogens with zero attached hydrogens (tertiary/aromatic N) is 3. The van der Waals surface area contributed by atoms with Gasteiger partial charge in [-0.15, -0.1) is 0 Å². The van der Waals surface area contributed by atoms with Gasteiger partial charge in [-0.3, -0.25) is 0 Å². The van der Waals surface area contributed by atoms with Crippen molar-refractivity contribution in [1.29, 1.82) is 0 Å². The van der Waals surface area contributed by atoms with E-state index in [0.29, 0.717) is 6.04 Å². The molecule has 1 aromatic heterocycles. The van der Waals surface area contributed by atoms with Crippen LogP contribution < -0.4 is 10.6 Å². The fourth-order valence-corrected chi connectivity index (χ4v) is 1.93. The minimum Gasteiger partial charge on any atom is -0.339 e. The standard InChI is InChI=1S/C10H18N4/c1-4-14-8(3)7(2)12-10(14)13-5-9(11)6-13/h9H,4-6,11H2,1-3H3. The lowest BCUT2D eigenvalue weighted by Gasteiger charge is -2.37. The molecule has 2 rings (SSSR count). The number of hydrogen-bond donors (Lipinski definition) is 1. The molecule has 78 valence electrons. The Morgan fingerprint density at radius 2 is 2.07 bits per heavy atom. The van der Waals surface area contributed by atoms with Crippen LogP contribution in [0.4, 0.5) is 5.95 Å². The van der Waals surface area contributed by atoms with Crippen molar-refractivity contribution in [3.63, 3.8) is 0 Å². The topological polar surface area (TPSA) is 47.1 Å². The molecule has 1 fully saturated rings. The molecule has 0 atom stereocenters. The van der Waals surface area contributed by atoms with Crippen LogP contribution in [0.3, 0.4) is 0 Å². The summed E-state index contributed by atoms with van der Waals surface area (Å²) in [6, 6.07) is 0.331. The summed E-state index contributed by atoms with van der Waals surface area (Å²) >= 11 is 0. The second-order valence-electron chi connectivity index (χ2n) is 3.99. The van der Waals surface area contributed by atoms with Gasteiger partial charge in [0.15, 0.2) is 0 Å². The molecule has 1 aliphatic rings. The maximum Gasteiger partial charge on any atom is 0.206 e. The average Bonchev–Trinajstić information content (AvgIpc) is 2.38. The van der Waals surface area contributed by atoms with E-state index in [1.807, 2.05) is 0 Å². The van der Waals surface area contributed by atoms with E-state index in [1.165, 1.54) is 5.69 Å². The van der Waals surface area contributed by atoms with Crippen LogP contribution in [0.1, 0.15) is 18.3 Å². The third-order valence-electron chi connectivity index (χ3n) is 2.95. The Labute approximate surface area is 84.7 Å². The highest BCUT2D eigenvalue weighted by atomic mass is 15.4. The summed E-state index contributed by atoms with van der Waals surface area (Å²) in [6.45, 7) is 9.19. The number of aromatic nitrogens is 2. The maximum absolute atomic E-state index is 5.76. The summed E-state index contributed by atoms with van der Waals surface area (Å²) in [5.41, 5.74) is 8.16. The smallest absolute Gasteiger partial charge is 0.206 e. The minimum atomic E-state index is 0.331. The number of aryl methyl sites for hydroxylation is 1. The molecular weight excluding hydrogens is 176 g/mol. The van der Waals surface area contributed by atoms with E-state index in [2.05, 4.69) is 35.2 Å². The summed E-state index contributed by atoms with van der Waals surface area (Å²) in [5, 5.41) is 0. The van der Waals surface area contributed by atoms with Crippen molar-refractivity contribution in [2.24, 2.45) is 5.73 Å². The van der Waals surface area contributed by atoms with Gasteiger partial charge in [0.2, 0.25) is 5.95 Å². The molecule has 0 bridgehead atoms. The SMILES string of the molecule is CCn1c(N2CC(N)C2)nc(C)c1C. The predicted molar refractivity (Wildman–Crippen MR) is 57.6 cm³/mol. The highest BCUT2D eigenvalue weighted by Crippen LogP contribution is 2.22. The molecule has 0 amide bonds. The van der Waals surface area contributed by atoms with Crippen LogP contribution in [0, 0.1) is 13.8 Å². The van der Waals surface area contributed by atoms with Gasteiger partial charge in [0.05, 0.1) is 5.69 Å². The second kappa shape index (κ2) is 3.28. The predicted octanol–water partition coefficient (Wildman–Crippen LogP) is 0.667. The highest BCUT2D eigenvalue weighted by Gasteiger charge is 2.27. The zero-order valence-electron chi connectivity index (χ0n) is 9.12. The van der Waals surface area contributed by atoms with Gasteiger partial charge in [0.1, 0.15) is 0 Å². The second-order valence-corrected chi connectivity index (χ2v) is 3.99. The first kappa shape index (κ1) is 9.52. The number of imidazole rings is 1. The molecule has 0 saturated carbocycles. The fraction of sp³-hybridized carbons (Fsp3) is 0.700. The van der Waals surface area contributed by atoms with E-state index >= 15 is 0 Å². The average molecular weight is 194 g/mol. The molecule has 1 saturated heterocycles. The summed E-state index contributed by atoms with van der Waals surface area (Å²) in [6.07, 6.45) is 0. The van der Waals surface area contributed by atoms with Crippen molar-refractivity contribution < 1.29 is 0 Å². The fourth-order valence-electron chi connectivity index (χ4n) is 1.93. The van der Waals surface area contributed by atoms with Crippen LogP contribution in [0.2, 0.25) is 0 Å². The van der Waals surface area contributed by atoms with Crippen LogP contribution in [0.25, 0.3) is 0 Å². The minimum absolute atomic E-state index is 0.331. The van der Waals surface area contributed by atoms with Gasteiger partial charge >= 0.3 is 0 Å². The van der Waals surface area contributed by atoms with Gasteiger partial charge in [0.25, 0.3) is 0 Å². The first-order chi connectivity index (χ1) is 6.63. The Bertz CT molecular complexity index is 336. The Morgan fingerprint density at radius 3 is 2.57 bits per heavy atom. The third kappa shape index (κ3) is 1.30. The molecule has 4 heteroatoms. The quantitative estimate of drug-likeness (QED) is 0.752. The normalized spacial score (nSPS) is 17.3. The van der Waals surface area contributed by atoms with Gasteiger partial charge in [-0.05, 0) is 20.8 Å². The first-order valence-electron chi connectivity index (χ1n) is 5.17. The molecular formula is C10H18N4. The van der Waals surface area contributed by atoms with Gasteiger partial charge in [-0.1, -0.05) is 0 Å². The molecule has 0 spiro atoms. The van der Waals surface area contributed by atoms with E-state index < -0.39 is 0 Å². The Balaban J connectivity index is 2.29. The zero-order chi connectivity index (χ0) is 10.3. The Kier molecular flexibility index (Phi) is 2.23. The van der Waals surface area contributed by atoms with Crippen LogP contribution in [-0.4, -0.2) is 28.7 Å². The van der Waals surface area contributed by atoms with Crippen molar-refractivity contribution in [2.45, 2.75) is 33.4 Å². The highest BCUT2D eigenvalue weighted by molar-refractivity contribution is 5.40. The first-order valence-corrected chi connectivity index (χ1v) is 5.17. The van der Waals surface area contributed by atoms with E-state index in [4.69, 9.17) is 5.73 Å². The molecule has 2 N–H and O–H groups in total. The number of rotatable bonds is 2. The Morgan fingerprint density at radius 1 is 1.43 bits per heavy atom. The molecule has 2 heterocycles. The van der Waals surface area contributed by atoms with Crippen LogP contribution in [0.15, 0.2) is 0 Å². The van der Waals surface area contributed by atoms with Crippen LogP contribution in [-0.2, 0) is 6.54 Å². The van der Waals surface area contributed by atoms with Crippen molar-refractivity contribution in [1.82, 2.24) is 9.55 Å². The van der Waals surface area contributed by atoms with Crippen LogP contribution in [0.5, 0.6) is 0 Å². The lowest BCUT2D eigenvalue weighted by Crippen LogP contribution is -2.56. The third-order valence-corrected chi connectivity index (χ3v) is 2.95. The lowest BCUT2D eigenvalue weighted by molar-refractivity contribution is 0.497. The summed E-state index contributed by atoms with van der Waals surface area (Å²) in [7, 11) is 0. The van der Waals surface area contributed by atoms with Crippen molar-refractivity contribution in [3.8, 4) is 0 Å². The summed E-state index contributed by atoms with van der Waals surface area (Å²) < 4.78 is 2.25. The van der Waals surface area contributed by atoms with E-state index in [1.54, 1.807) is 0 Å². The van der Waals surface area contributed by atoms with Crippen molar-refractivity contribution in [2.75, 3.05) is 18.0 Å². The molecule has 1 aliphatic heterocycles. The van der Waals surface area contributed by atoms with E-state index in [-0.39, 0.29) is 0 Å². The zero-order valence-corrected chi connectivity index (χ0v) is 9.12. The van der Waals surface area contributed by atoms with Gasteiger partial charge < -0.3 is 15.2 Å². The molecule has 0 radical (unpaired) electrons. The van der Waals surface area contributed by atoms with Crippen molar-refractivity contribution >= 4 is 5.95 Å². The summed E-state index contributed by atoms with van der Waals surface area (Å²) in [4.78, 5) is 6.82. The van der Waals surface area contributed by atoms with Crippen LogP contribution >= 0.6 is 0 Å². The molecule has 4 nitrogen and oxygen atoms in total. The lowest BCUT2D eigenvalue weighted by atomic mass is 10.1. The van der Waals surface area contributed by atoms with Gasteiger partial charge in [0, 0.05) is 31.4 Å². The molecule has 0 aliphatic carbocycles. The largest absolute Gasteiger partial charge is 0.339 e. The van der Waals surface area contributed by atoms with Crippen molar-refractivity contribution in [3.05, 3.63) is 11.4 Å². The Hall–Kier alpha value is -1.03. The van der Waals surface area contributed by atoms with E-state index in [9.17, 15) is 0 Å². The maximum atomic E-state index is 5.76. The number of nitrogens with two attached hydrogens (primary N) is 1. The van der Waals surface area contributed by atoms with Gasteiger partial charge in [-0.25, -0.2) is 4.98 Å². The molecule has 0 aromatic carbocycles. The van der Waals surface area contributed by atoms with Gasteiger partial charge in [-0.2, -0.15) is 0 Å². The number of anilines is 1. The molecule has 14 heavy (non-hydrogen) atoms. The molecule has 1 aromatic rings.